The number of nitrogens with one attached hydrogen (secondary N) is 2. The summed E-state index contributed by atoms with van der Waals surface area (Å²) in [6.45, 7) is 4.46. The van der Waals surface area contributed by atoms with E-state index < -0.39 is 5.97 Å². The van der Waals surface area contributed by atoms with E-state index in [0.29, 0.717) is 12.1 Å². The Morgan fingerprint density at radius 3 is 2.78 bits per heavy atom. The van der Waals surface area contributed by atoms with Crippen molar-refractivity contribution in [1.82, 2.24) is 9.97 Å². The van der Waals surface area contributed by atoms with Gasteiger partial charge in [-0.3, -0.25) is 0 Å². The number of benzene rings is 1. The molecule has 5 nitrogen and oxygen atoms in total. The van der Waals surface area contributed by atoms with Crippen LogP contribution in [0, 0.1) is 13.8 Å². The number of aromatic amines is 1. The summed E-state index contributed by atoms with van der Waals surface area (Å²) in [6.07, 6.45) is 1.66. The van der Waals surface area contributed by atoms with E-state index in [0.717, 1.165) is 22.6 Å². The fourth-order valence-electron chi connectivity index (χ4n) is 1.74. The Balaban J connectivity index is 2.11. The van der Waals surface area contributed by atoms with Crippen LogP contribution in [0.3, 0.4) is 0 Å². The van der Waals surface area contributed by atoms with Gasteiger partial charge in [-0.25, -0.2) is 9.78 Å². The summed E-state index contributed by atoms with van der Waals surface area (Å²) in [4.78, 5) is 18.0. The zero-order chi connectivity index (χ0) is 13.1. The Bertz CT molecular complexity index is 575. The molecule has 2 aromatic rings. The van der Waals surface area contributed by atoms with Crippen molar-refractivity contribution >= 4 is 11.7 Å². The summed E-state index contributed by atoms with van der Waals surface area (Å²) in [6, 6.07) is 5.03. The first-order chi connectivity index (χ1) is 8.58. The number of carbonyl (C=O) groups is 1. The number of anilines is 1. The van der Waals surface area contributed by atoms with Crippen molar-refractivity contribution in [2.75, 3.05) is 5.32 Å². The highest BCUT2D eigenvalue weighted by molar-refractivity contribution is 5.88. The normalized spacial score (nSPS) is 10.3. The highest BCUT2D eigenvalue weighted by Crippen LogP contribution is 2.17. The van der Waals surface area contributed by atoms with Crippen LogP contribution < -0.4 is 5.32 Å². The lowest BCUT2D eigenvalue weighted by Gasteiger charge is -2.09. The second kappa shape index (κ2) is 4.91. The van der Waals surface area contributed by atoms with Crippen molar-refractivity contribution in [2.45, 2.75) is 20.4 Å². The minimum Gasteiger partial charge on any atom is -0.478 e. The van der Waals surface area contributed by atoms with Gasteiger partial charge in [0.15, 0.2) is 0 Å². The Hall–Kier alpha value is -2.30. The number of hydrogen-bond donors (Lipinski definition) is 3. The molecule has 0 atom stereocenters. The summed E-state index contributed by atoms with van der Waals surface area (Å²) >= 11 is 0. The molecule has 0 aliphatic heterocycles. The molecule has 5 heteroatoms. The van der Waals surface area contributed by atoms with Gasteiger partial charge in [0.2, 0.25) is 0 Å². The molecule has 0 unspecified atom stereocenters. The summed E-state index contributed by atoms with van der Waals surface area (Å²) in [7, 11) is 0. The van der Waals surface area contributed by atoms with Crippen LogP contribution in [-0.4, -0.2) is 21.0 Å². The molecule has 0 bridgehead atoms. The number of rotatable bonds is 4. The second-order valence-corrected chi connectivity index (χ2v) is 4.16. The predicted molar refractivity (Wildman–Crippen MR) is 68.8 cm³/mol. The average Bonchev–Trinajstić information content (AvgIpc) is 2.73. The zero-order valence-corrected chi connectivity index (χ0v) is 10.3. The van der Waals surface area contributed by atoms with Crippen molar-refractivity contribution in [3.63, 3.8) is 0 Å². The van der Waals surface area contributed by atoms with E-state index in [1.807, 2.05) is 13.8 Å². The van der Waals surface area contributed by atoms with Crippen LogP contribution in [0.5, 0.6) is 0 Å². The number of carboxylic acid groups (broad SMARTS) is 1. The highest BCUT2D eigenvalue weighted by Gasteiger charge is 2.06. The van der Waals surface area contributed by atoms with Gasteiger partial charge in [0, 0.05) is 11.4 Å². The molecule has 2 rings (SSSR count). The number of nitrogens with zero attached hydrogens (tertiary/aromatic N) is 1. The van der Waals surface area contributed by atoms with E-state index in [1.165, 1.54) is 0 Å². The molecule has 3 N–H and O–H groups in total. The number of hydrogen-bond acceptors (Lipinski definition) is 3. The smallest absolute Gasteiger partial charge is 0.335 e. The minimum absolute atomic E-state index is 0.300. The monoisotopic (exact) mass is 245 g/mol. The third-order valence-corrected chi connectivity index (χ3v) is 2.85. The minimum atomic E-state index is -0.909. The van der Waals surface area contributed by atoms with Crippen molar-refractivity contribution in [3.8, 4) is 0 Å². The van der Waals surface area contributed by atoms with Crippen molar-refractivity contribution in [2.24, 2.45) is 0 Å². The van der Waals surface area contributed by atoms with Gasteiger partial charge in [-0.15, -0.1) is 0 Å². The van der Waals surface area contributed by atoms with E-state index in [9.17, 15) is 4.79 Å². The van der Waals surface area contributed by atoms with Crippen LogP contribution in [0.2, 0.25) is 0 Å². The fraction of sp³-hybridized carbons (Fsp3) is 0.231. The van der Waals surface area contributed by atoms with Gasteiger partial charge >= 0.3 is 5.97 Å². The molecule has 0 amide bonds. The maximum absolute atomic E-state index is 10.8. The van der Waals surface area contributed by atoms with Crippen LogP contribution in [0.1, 0.15) is 27.3 Å². The number of imidazole rings is 1. The van der Waals surface area contributed by atoms with Crippen molar-refractivity contribution < 1.29 is 9.90 Å². The maximum Gasteiger partial charge on any atom is 0.335 e. The molecule has 0 saturated carbocycles. The Morgan fingerprint density at radius 1 is 1.44 bits per heavy atom. The number of H-pyrrole nitrogens is 1. The number of aryl methyl sites for hydroxylation is 2. The van der Waals surface area contributed by atoms with E-state index in [4.69, 9.17) is 5.11 Å². The number of carboxylic acids is 1. The van der Waals surface area contributed by atoms with Crippen LogP contribution in [0.25, 0.3) is 0 Å². The largest absolute Gasteiger partial charge is 0.478 e. The molecule has 0 saturated heterocycles. The van der Waals surface area contributed by atoms with Crippen LogP contribution in [0.4, 0.5) is 5.69 Å². The summed E-state index contributed by atoms with van der Waals surface area (Å²) in [5.41, 5.74) is 4.11. The maximum atomic E-state index is 10.8. The predicted octanol–water partition coefficient (Wildman–Crippen LogP) is 2.34. The van der Waals surface area contributed by atoms with Crippen LogP contribution in [-0.2, 0) is 6.54 Å². The molecular formula is C13H15N3O2. The summed E-state index contributed by atoms with van der Waals surface area (Å²) in [5.74, 6) is -0.909. The Kier molecular flexibility index (Phi) is 3.32. The molecule has 1 aromatic heterocycles. The van der Waals surface area contributed by atoms with Gasteiger partial charge in [0.1, 0.15) is 0 Å². The number of aromatic carboxylic acids is 1. The topological polar surface area (TPSA) is 78.0 Å². The first-order valence-corrected chi connectivity index (χ1v) is 5.64. The van der Waals surface area contributed by atoms with Gasteiger partial charge in [-0.05, 0) is 37.6 Å². The van der Waals surface area contributed by atoms with Crippen LogP contribution in [0.15, 0.2) is 24.5 Å². The molecule has 0 spiro atoms. The van der Waals surface area contributed by atoms with Crippen LogP contribution >= 0.6 is 0 Å². The summed E-state index contributed by atoms with van der Waals surface area (Å²) < 4.78 is 0. The molecule has 1 heterocycles. The standard InChI is InChI=1S/C13H15N3O2/c1-8-5-10(13(17)18)3-4-11(8)14-6-12-9(2)15-7-16-12/h3-5,7,14H,6H2,1-2H3,(H,15,16)(H,17,18). The van der Waals surface area contributed by atoms with Gasteiger partial charge in [0.25, 0.3) is 0 Å². The third-order valence-electron chi connectivity index (χ3n) is 2.85. The SMILES string of the molecule is Cc1cc(C(=O)O)ccc1NCc1nc[nH]c1C. The lowest BCUT2D eigenvalue weighted by molar-refractivity contribution is 0.0697. The quantitative estimate of drug-likeness (QED) is 0.772. The fourth-order valence-corrected chi connectivity index (χ4v) is 1.74. The lowest BCUT2D eigenvalue weighted by Crippen LogP contribution is -2.04. The molecule has 0 aliphatic rings. The van der Waals surface area contributed by atoms with Gasteiger partial charge in [-0.1, -0.05) is 0 Å². The lowest BCUT2D eigenvalue weighted by atomic mass is 10.1. The van der Waals surface area contributed by atoms with E-state index in [2.05, 4.69) is 15.3 Å². The van der Waals surface area contributed by atoms with Gasteiger partial charge in [0.05, 0.1) is 24.1 Å². The molecule has 18 heavy (non-hydrogen) atoms. The van der Waals surface area contributed by atoms with E-state index in [-0.39, 0.29) is 0 Å². The highest BCUT2D eigenvalue weighted by atomic mass is 16.4. The molecule has 94 valence electrons. The molecule has 1 aromatic carbocycles. The van der Waals surface area contributed by atoms with E-state index >= 15 is 0 Å². The van der Waals surface area contributed by atoms with Gasteiger partial charge in [-0.2, -0.15) is 0 Å². The Labute approximate surface area is 105 Å². The third kappa shape index (κ3) is 2.51. The van der Waals surface area contributed by atoms with Gasteiger partial charge < -0.3 is 15.4 Å². The first-order valence-electron chi connectivity index (χ1n) is 5.64. The summed E-state index contributed by atoms with van der Waals surface area (Å²) in [5, 5.41) is 12.1. The Morgan fingerprint density at radius 2 is 2.22 bits per heavy atom. The van der Waals surface area contributed by atoms with E-state index in [1.54, 1.807) is 24.5 Å². The number of aromatic nitrogens is 2. The zero-order valence-electron chi connectivity index (χ0n) is 10.3. The average molecular weight is 245 g/mol. The van der Waals surface area contributed by atoms with Crippen molar-refractivity contribution in [3.05, 3.63) is 47.0 Å². The molecule has 0 fully saturated rings. The molecule has 0 radical (unpaired) electrons. The second-order valence-electron chi connectivity index (χ2n) is 4.16. The first kappa shape index (κ1) is 12.2. The molecular weight excluding hydrogens is 230 g/mol. The molecule has 0 aliphatic carbocycles. The van der Waals surface area contributed by atoms with Crippen molar-refractivity contribution in [1.29, 1.82) is 0 Å².